The Morgan fingerprint density at radius 1 is 1.23 bits per heavy atom. The van der Waals surface area contributed by atoms with Crippen LogP contribution in [0.1, 0.15) is 68.1 Å². The minimum atomic E-state index is -0.513. The fourth-order valence-electron chi connectivity index (χ4n) is 3.53. The normalized spacial score (nSPS) is 17.7. The molecule has 2 aromatic rings. The monoisotopic (exact) mass is 419 g/mol. The molecule has 1 saturated carbocycles. The van der Waals surface area contributed by atoms with Gasteiger partial charge in [-0.25, -0.2) is 0 Å². The van der Waals surface area contributed by atoms with Gasteiger partial charge in [0.1, 0.15) is 0 Å². The molecule has 7 heteroatoms. The molecule has 1 aromatic heterocycles. The zero-order valence-electron chi connectivity index (χ0n) is 14.9. The van der Waals surface area contributed by atoms with Crippen molar-refractivity contribution in [1.29, 1.82) is 0 Å². The molecule has 2 heterocycles. The third kappa shape index (κ3) is 3.09. The SMILES string of the molecule is CC(C)c1[nH]nc(C(=O)Nc2ccc3c(c2)OC2(CCCCC2)O3)c1Br. The number of carbonyl (C=O) groups excluding carboxylic acids is 1. The van der Waals surface area contributed by atoms with Crippen molar-refractivity contribution in [3.63, 3.8) is 0 Å². The van der Waals surface area contributed by atoms with Gasteiger partial charge in [-0.05, 0) is 46.8 Å². The Hall–Kier alpha value is -2.02. The van der Waals surface area contributed by atoms with Gasteiger partial charge in [0.25, 0.3) is 11.7 Å². The summed E-state index contributed by atoms with van der Waals surface area (Å²) in [5.74, 6) is 0.893. The van der Waals surface area contributed by atoms with Gasteiger partial charge < -0.3 is 14.8 Å². The predicted molar refractivity (Wildman–Crippen MR) is 102 cm³/mol. The second-order valence-corrected chi connectivity index (χ2v) is 8.04. The molecule has 138 valence electrons. The molecule has 0 saturated heterocycles. The molecule has 1 spiro atoms. The number of hydrogen-bond acceptors (Lipinski definition) is 4. The van der Waals surface area contributed by atoms with Gasteiger partial charge in [-0.3, -0.25) is 9.89 Å². The van der Waals surface area contributed by atoms with E-state index in [0.717, 1.165) is 37.1 Å². The smallest absolute Gasteiger partial charge is 0.277 e. The highest BCUT2D eigenvalue weighted by Gasteiger charge is 2.42. The Kier molecular flexibility index (Phi) is 4.42. The summed E-state index contributed by atoms with van der Waals surface area (Å²) in [6.45, 7) is 4.08. The molecule has 6 nitrogen and oxygen atoms in total. The lowest BCUT2D eigenvalue weighted by molar-refractivity contribution is -0.105. The summed E-state index contributed by atoms with van der Waals surface area (Å²) in [4.78, 5) is 12.6. The summed E-state index contributed by atoms with van der Waals surface area (Å²) in [6.07, 6.45) is 5.26. The summed E-state index contributed by atoms with van der Waals surface area (Å²) in [5, 5.41) is 9.94. The predicted octanol–water partition coefficient (Wildman–Crippen LogP) is 4.98. The van der Waals surface area contributed by atoms with Crippen molar-refractivity contribution in [2.45, 2.75) is 57.7 Å². The van der Waals surface area contributed by atoms with Crippen LogP contribution in [0.3, 0.4) is 0 Å². The second kappa shape index (κ2) is 6.61. The summed E-state index contributed by atoms with van der Waals surface area (Å²) in [6, 6.07) is 5.50. The van der Waals surface area contributed by atoms with E-state index in [-0.39, 0.29) is 11.8 Å². The number of aromatic amines is 1. The van der Waals surface area contributed by atoms with Crippen LogP contribution in [0.2, 0.25) is 0 Å². The number of benzene rings is 1. The molecule has 4 rings (SSSR count). The van der Waals surface area contributed by atoms with Gasteiger partial charge in [-0.15, -0.1) is 0 Å². The maximum Gasteiger partial charge on any atom is 0.277 e. The van der Waals surface area contributed by atoms with Crippen molar-refractivity contribution >= 4 is 27.5 Å². The molecule has 1 amide bonds. The zero-order chi connectivity index (χ0) is 18.3. The average Bonchev–Trinajstić information content (AvgIpc) is 3.15. The lowest BCUT2D eigenvalue weighted by Crippen LogP contribution is -2.40. The number of H-pyrrole nitrogens is 1. The third-order valence-electron chi connectivity index (χ3n) is 4.93. The fourth-order valence-corrected chi connectivity index (χ4v) is 4.35. The standard InChI is InChI=1S/C19H22BrN3O3/c1-11(2)16-15(20)17(23-22-16)18(24)21-12-6-7-13-14(10-12)26-19(25-13)8-4-3-5-9-19/h6-7,10-11H,3-5,8-9H2,1-2H3,(H,21,24)(H,22,23). The first-order valence-corrected chi connectivity index (χ1v) is 9.84. The zero-order valence-corrected chi connectivity index (χ0v) is 16.5. The Morgan fingerprint density at radius 2 is 1.96 bits per heavy atom. The van der Waals surface area contributed by atoms with E-state index in [2.05, 4.69) is 31.4 Å². The lowest BCUT2D eigenvalue weighted by atomic mass is 9.94. The van der Waals surface area contributed by atoms with E-state index in [9.17, 15) is 4.79 Å². The van der Waals surface area contributed by atoms with Gasteiger partial charge in [-0.2, -0.15) is 5.10 Å². The number of carbonyl (C=O) groups is 1. The number of hydrogen-bond donors (Lipinski definition) is 2. The Morgan fingerprint density at radius 3 is 2.65 bits per heavy atom. The van der Waals surface area contributed by atoms with Crippen LogP contribution in [0.4, 0.5) is 5.69 Å². The maximum atomic E-state index is 12.6. The lowest BCUT2D eigenvalue weighted by Gasteiger charge is -2.31. The van der Waals surface area contributed by atoms with Gasteiger partial charge in [0, 0.05) is 24.6 Å². The van der Waals surface area contributed by atoms with E-state index in [1.54, 1.807) is 0 Å². The molecule has 0 bridgehead atoms. The fraction of sp³-hybridized carbons (Fsp3) is 0.474. The number of nitrogens with zero attached hydrogens (tertiary/aromatic N) is 1. The molecule has 1 aliphatic heterocycles. The molecule has 0 radical (unpaired) electrons. The van der Waals surface area contributed by atoms with Gasteiger partial charge in [-0.1, -0.05) is 20.3 Å². The molecule has 2 aliphatic rings. The van der Waals surface area contributed by atoms with Crippen molar-refractivity contribution in [3.8, 4) is 11.5 Å². The summed E-state index contributed by atoms with van der Waals surface area (Å²) >= 11 is 3.46. The van der Waals surface area contributed by atoms with Crippen LogP contribution in [-0.2, 0) is 0 Å². The molecule has 2 N–H and O–H groups in total. The van der Waals surface area contributed by atoms with E-state index in [4.69, 9.17) is 9.47 Å². The first-order chi connectivity index (χ1) is 12.5. The first-order valence-electron chi connectivity index (χ1n) is 9.05. The van der Waals surface area contributed by atoms with Crippen LogP contribution in [0, 0.1) is 0 Å². The van der Waals surface area contributed by atoms with Gasteiger partial charge >= 0.3 is 0 Å². The van der Waals surface area contributed by atoms with E-state index >= 15 is 0 Å². The number of anilines is 1. The minimum Gasteiger partial charge on any atom is -0.448 e. The van der Waals surface area contributed by atoms with Crippen molar-refractivity contribution in [1.82, 2.24) is 10.2 Å². The van der Waals surface area contributed by atoms with Crippen molar-refractivity contribution in [2.24, 2.45) is 0 Å². The minimum absolute atomic E-state index is 0.246. The number of ether oxygens (including phenoxy) is 2. The van der Waals surface area contributed by atoms with Crippen LogP contribution in [0.5, 0.6) is 11.5 Å². The van der Waals surface area contributed by atoms with Crippen LogP contribution in [-0.4, -0.2) is 21.9 Å². The molecule has 0 unspecified atom stereocenters. The quantitative estimate of drug-likeness (QED) is 0.735. The number of amides is 1. The summed E-state index contributed by atoms with van der Waals surface area (Å²) in [5.41, 5.74) is 1.90. The van der Waals surface area contributed by atoms with Gasteiger partial charge in [0.15, 0.2) is 17.2 Å². The van der Waals surface area contributed by atoms with E-state index in [0.29, 0.717) is 21.6 Å². The van der Waals surface area contributed by atoms with E-state index in [1.165, 1.54) is 6.42 Å². The van der Waals surface area contributed by atoms with Gasteiger partial charge in [0.05, 0.1) is 10.2 Å². The van der Waals surface area contributed by atoms with Crippen LogP contribution >= 0.6 is 15.9 Å². The number of aromatic nitrogens is 2. The number of fused-ring (bicyclic) bond motifs is 1. The van der Waals surface area contributed by atoms with E-state index in [1.807, 2.05) is 32.0 Å². The second-order valence-electron chi connectivity index (χ2n) is 7.25. The highest BCUT2D eigenvalue weighted by atomic mass is 79.9. The third-order valence-corrected chi connectivity index (χ3v) is 5.74. The van der Waals surface area contributed by atoms with Crippen LogP contribution < -0.4 is 14.8 Å². The summed E-state index contributed by atoms with van der Waals surface area (Å²) < 4.78 is 12.9. The van der Waals surface area contributed by atoms with Crippen molar-refractivity contribution < 1.29 is 14.3 Å². The molecule has 1 aliphatic carbocycles. The molecular formula is C19H22BrN3O3. The highest BCUT2D eigenvalue weighted by molar-refractivity contribution is 9.10. The van der Waals surface area contributed by atoms with Crippen LogP contribution in [0.25, 0.3) is 0 Å². The molecule has 1 aromatic carbocycles. The molecule has 1 fully saturated rings. The van der Waals surface area contributed by atoms with E-state index < -0.39 is 5.79 Å². The molecular weight excluding hydrogens is 398 g/mol. The molecule has 26 heavy (non-hydrogen) atoms. The first kappa shape index (κ1) is 17.4. The number of halogens is 1. The van der Waals surface area contributed by atoms with Crippen molar-refractivity contribution in [2.75, 3.05) is 5.32 Å². The Balaban J connectivity index is 1.51. The highest BCUT2D eigenvalue weighted by Crippen LogP contribution is 2.46. The van der Waals surface area contributed by atoms with Gasteiger partial charge in [0.2, 0.25) is 0 Å². The largest absolute Gasteiger partial charge is 0.448 e. The number of nitrogens with one attached hydrogen (secondary N) is 2. The van der Waals surface area contributed by atoms with Crippen LogP contribution in [0.15, 0.2) is 22.7 Å². The Labute approximate surface area is 160 Å². The summed E-state index contributed by atoms with van der Waals surface area (Å²) in [7, 11) is 0. The van der Waals surface area contributed by atoms with Crippen molar-refractivity contribution in [3.05, 3.63) is 34.1 Å². The average molecular weight is 420 g/mol. The number of rotatable bonds is 3. The maximum absolute atomic E-state index is 12.6. The topological polar surface area (TPSA) is 76.2 Å². The molecule has 0 atom stereocenters. The Bertz CT molecular complexity index is 841.